The number of thiol groups is 1. The van der Waals surface area contributed by atoms with Gasteiger partial charge in [0.2, 0.25) is 22.7 Å². The number of thiazole rings is 1. The molecule has 9 nitrogen and oxygen atoms in total. The third kappa shape index (κ3) is 5.90. The van der Waals surface area contributed by atoms with Crippen LogP contribution in [0.1, 0.15) is 27.6 Å². The summed E-state index contributed by atoms with van der Waals surface area (Å²) in [5.41, 5.74) is 2.88. The monoisotopic (exact) mass is 608 g/mol. The third-order valence-electron chi connectivity index (χ3n) is 5.52. The van der Waals surface area contributed by atoms with Crippen LogP contribution >= 0.6 is 34.5 Å². The number of sulfone groups is 1. The van der Waals surface area contributed by atoms with E-state index >= 15 is 0 Å². The van der Waals surface area contributed by atoms with Gasteiger partial charge < -0.3 is 4.42 Å². The maximum Gasteiger partial charge on any atom is 0.241 e. The second-order valence-corrected chi connectivity index (χ2v) is 13.0. The van der Waals surface area contributed by atoms with Crippen molar-refractivity contribution in [3.05, 3.63) is 99.1 Å². The second-order valence-electron chi connectivity index (χ2n) is 8.16. The van der Waals surface area contributed by atoms with Crippen LogP contribution in [0, 0.1) is 0 Å². The summed E-state index contributed by atoms with van der Waals surface area (Å²) < 4.78 is 57.7. The number of aromatic nitrogens is 3. The van der Waals surface area contributed by atoms with Crippen molar-refractivity contribution < 1.29 is 21.3 Å². The highest BCUT2D eigenvalue weighted by Gasteiger charge is 2.37. The molecule has 5 rings (SSSR count). The molecule has 38 heavy (non-hydrogen) atoms. The molecule has 5 aromatic rings. The first-order valence-electron chi connectivity index (χ1n) is 11.0. The van der Waals surface area contributed by atoms with Gasteiger partial charge in [-0.15, -0.1) is 21.5 Å². The van der Waals surface area contributed by atoms with Crippen molar-refractivity contribution in [1.82, 2.24) is 19.9 Å². The summed E-state index contributed by atoms with van der Waals surface area (Å²) in [7, 11) is -6.83. The molecule has 0 bridgehead atoms. The Morgan fingerprint density at radius 1 is 0.947 bits per heavy atom. The highest BCUT2D eigenvalue weighted by Crippen LogP contribution is 2.38. The maximum atomic E-state index is 13.7. The van der Waals surface area contributed by atoms with Crippen LogP contribution in [0.15, 0.2) is 71.1 Å². The van der Waals surface area contributed by atoms with E-state index in [0.717, 1.165) is 15.8 Å². The van der Waals surface area contributed by atoms with Crippen LogP contribution in [0.25, 0.3) is 21.3 Å². The highest BCUT2D eigenvalue weighted by molar-refractivity contribution is 7.91. The van der Waals surface area contributed by atoms with Crippen molar-refractivity contribution in [2.75, 3.05) is 0 Å². The Morgan fingerprint density at radius 3 is 2.42 bits per heavy atom. The van der Waals surface area contributed by atoms with Gasteiger partial charge in [0, 0.05) is 0 Å². The van der Waals surface area contributed by atoms with Gasteiger partial charge >= 0.3 is 0 Å². The van der Waals surface area contributed by atoms with Crippen LogP contribution in [0.3, 0.4) is 0 Å². The molecule has 3 aromatic carbocycles. The molecule has 2 aromatic heterocycles. The lowest BCUT2D eigenvalue weighted by Gasteiger charge is -2.12. The first-order valence-corrected chi connectivity index (χ1v) is 15.5. The molecule has 0 aliphatic rings. The van der Waals surface area contributed by atoms with Gasteiger partial charge in [0.25, 0.3) is 0 Å². The van der Waals surface area contributed by atoms with E-state index in [1.54, 1.807) is 48.5 Å². The predicted octanol–water partition coefficient (Wildman–Crippen LogP) is 4.97. The van der Waals surface area contributed by atoms with Crippen molar-refractivity contribution in [2.24, 2.45) is 0 Å². The van der Waals surface area contributed by atoms with Crippen LogP contribution in [0.4, 0.5) is 0 Å². The van der Waals surface area contributed by atoms with E-state index in [2.05, 4.69) is 19.9 Å². The number of rotatable bonds is 9. The number of benzene rings is 3. The Bertz CT molecular complexity index is 1800. The van der Waals surface area contributed by atoms with Crippen molar-refractivity contribution in [3.8, 4) is 11.1 Å². The minimum Gasteiger partial charge on any atom is -0.422 e. The zero-order valence-electron chi connectivity index (χ0n) is 19.2. The molecular formula is C24H18Cl2N4O5S3. The standard InChI is InChI=1S/C24H18Cl2N4O5S3/c25-17-8-6-15(10-18(17)26)16-7-9-19-20(11-16)36-24(28-19)22(23-30-29-21(35-23)12-27-37(31)32)38(33,34)13-14-4-2-1-3-5-14/h1-11,22,37H,12-13H2,(H,27,31,32). The zero-order chi connectivity index (χ0) is 26.9. The van der Waals surface area contributed by atoms with E-state index in [9.17, 15) is 16.8 Å². The zero-order valence-corrected chi connectivity index (χ0v) is 23.3. The Labute approximate surface area is 233 Å². The molecule has 0 spiro atoms. The number of halogens is 2. The van der Waals surface area contributed by atoms with E-state index in [-0.39, 0.29) is 29.1 Å². The van der Waals surface area contributed by atoms with E-state index in [1.165, 1.54) is 11.3 Å². The summed E-state index contributed by atoms with van der Waals surface area (Å²) in [4.78, 5) is 4.60. The van der Waals surface area contributed by atoms with Gasteiger partial charge in [-0.1, -0.05) is 65.7 Å². The first kappa shape index (κ1) is 26.7. The topological polar surface area (TPSA) is 132 Å². The summed E-state index contributed by atoms with van der Waals surface area (Å²) >= 11 is 13.4. The van der Waals surface area contributed by atoms with Crippen molar-refractivity contribution in [3.63, 3.8) is 0 Å². The molecule has 0 fully saturated rings. The number of hydrogen-bond acceptors (Lipinski definition) is 9. The lowest BCUT2D eigenvalue weighted by Crippen LogP contribution is -2.17. The summed E-state index contributed by atoms with van der Waals surface area (Å²) in [6.07, 6.45) is 0. The molecule has 0 radical (unpaired) electrons. The molecule has 1 unspecified atom stereocenters. The van der Waals surface area contributed by atoms with Crippen LogP contribution in [-0.4, -0.2) is 32.0 Å². The molecule has 1 atom stereocenters. The van der Waals surface area contributed by atoms with Gasteiger partial charge in [-0.05, 0) is 41.0 Å². The molecule has 0 aliphatic carbocycles. The Balaban J connectivity index is 1.57. The lowest BCUT2D eigenvalue weighted by atomic mass is 10.1. The molecule has 0 aliphatic heterocycles. The Hall–Kier alpha value is -2.87. The van der Waals surface area contributed by atoms with Gasteiger partial charge in [-0.3, -0.25) is 0 Å². The largest absolute Gasteiger partial charge is 0.422 e. The molecule has 196 valence electrons. The number of nitrogens with zero attached hydrogens (tertiary/aromatic N) is 3. The van der Waals surface area contributed by atoms with Crippen LogP contribution in [0.5, 0.6) is 0 Å². The van der Waals surface area contributed by atoms with Gasteiger partial charge in [0.15, 0.2) is 15.1 Å². The molecule has 2 heterocycles. The van der Waals surface area contributed by atoms with E-state index in [0.29, 0.717) is 21.1 Å². The Morgan fingerprint density at radius 2 is 1.68 bits per heavy atom. The summed E-state index contributed by atoms with van der Waals surface area (Å²) in [6, 6.07) is 19.6. The average Bonchev–Trinajstić information content (AvgIpc) is 3.51. The fourth-order valence-electron chi connectivity index (χ4n) is 3.79. The maximum absolute atomic E-state index is 13.7. The minimum absolute atomic E-state index is 0.0675. The summed E-state index contributed by atoms with van der Waals surface area (Å²) in [5, 5.41) is 7.52. The molecule has 0 saturated carbocycles. The van der Waals surface area contributed by atoms with Crippen LogP contribution in [-0.2, 0) is 33.0 Å². The van der Waals surface area contributed by atoms with Crippen LogP contribution < -0.4 is 4.72 Å². The summed E-state index contributed by atoms with van der Waals surface area (Å²) in [5.74, 6) is -0.546. The quantitative estimate of drug-likeness (QED) is 0.224. The van der Waals surface area contributed by atoms with Gasteiger partial charge in [0.05, 0.1) is 32.6 Å². The number of nitrogens with one attached hydrogen (secondary N) is 1. The minimum atomic E-state index is -3.94. The molecule has 1 N–H and O–H groups in total. The third-order valence-corrected chi connectivity index (χ3v) is 9.78. The predicted molar refractivity (Wildman–Crippen MR) is 147 cm³/mol. The first-order chi connectivity index (χ1) is 18.2. The average molecular weight is 610 g/mol. The smallest absolute Gasteiger partial charge is 0.241 e. The molecular weight excluding hydrogens is 591 g/mol. The van der Waals surface area contributed by atoms with Crippen molar-refractivity contribution in [2.45, 2.75) is 17.5 Å². The molecule has 0 amide bonds. The van der Waals surface area contributed by atoms with Crippen LogP contribution in [0.2, 0.25) is 10.0 Å². The second kappa shape index (κ2) is 11.1. The van der Waals surface area contributed by atoms with E-state index in [4.69, 9.17) is 27.6 Å². The number of fused-ring (bicyclic) bond motifs is 1. The van der Waals surface area contributed by atoms with Gasteiger partial charge in [0.1, 0.15) is 5.01 Å². The van der Waals surface area contributed by atoms with E-state index < -0.39 is 26.0 Å². The fraction of sp³-hybridized carbons (Fsp3) is 0.125. The number of hydrogen-bond donors (Lipinski definition) is 2. The normalized spacial score (nSPS) is 12.8. The van der Waals surface area contributed by atoms with Crippen molar-refractivity contribution >= 4 is 65.5 Å². The fourth-order valence-corrected chi connectivity index (χ4v) is 7.50. The van der Waals surface area contributed by atoms with Crippen molar-refractivity contribution in [1.29, 1.82) is 0 Å². The molecule has 14 heteroatoms. The van der Waals surface area contributed by atoms with E-state index in [1.807, 2.05) is 18.2 Å². The molecule has 0 saturated heterocycles. The highest BCUT2D eigenvalue weighted by atomic mass is 35.5. The van der Waals surface area contributed by atoms with Gasteiger partial charge in [-0.2, -0.15) is 0 Å². The Kier molecular flexibility index (Phi) is 7.80. The SMILES string of the molecule is O=[SH](=O)NCc1nnc(C(c2nc3ccc(-c4ccc(Cl)c(Cl)c4)cc3s2)S(=O)(=O)Cc2ccccc2)o1. The summed E-state index contributed by atoms with van der Waals surface area (Å²) in [6.45, 7) is -0.260. The lowest BCUT2D eigenvalue weighted by molar-refractivity contribution is 0.444. The van der Waals surface area contributed by atoms with Gasteiger partial charge in [-0.25, -0.2) is 26.5 Å².